The second-order valence-electron chi connectivity index (χ2n) is 9.41. The first-order chi connectivity index (χ1) is 17.4. The molecule has 0 fully saturated rings. The number of aliphatic hydroxyl groups is 1. The lowest BCUT2D eigenvalue weighted by Gasteiger charge is -2.30. The van der Waals surface area contributed by atoms with Crippen LogP contribution in [0, 0.1) is 11.6 Å². The number of hydrogen-bond acceptors (Lipinski definition) is 3. The van der Waals surface area contributed by atoms with Gasteiger partial charge >= 0.3 is 0 Å². The van der Waals surface area contributed by atoms with Gasteiger partial charge in [-0.05, 0) is 71.7 Å². The number of carbonyl (C=O) groups excluding carboxylic acids is 1. The van der Waals surface area contributed by atoms with Gasteiger partial charge in [0.1, 0.15) is 11.6 Å². The molecule has 1 aliphatic rings. The highest BCUT2D eigenvalue weighted by molar-refractivity contribution is 5.73. The van der Waals surface area contributed by atoms with E-state index < -0.39 is 23.8 Å². The lowest BCUT2D eigenvalue weighted by atomic mass is 9.86. The molecule has 4 nitrogen and oxygen atoms in total. The zero-order valence-electron chi connectivity index (χ0n) is 20.4. The third-order valence-electron chi connectivity index (χ3n) is 6.56. The van der Waals surface area contributed by atoms with Crippen LogP contribution in [-0.2, 0) is 17.6 Å². The van der Waals surface area contributed by atoms with Gasteiger partial charge < -0.3 is 15.7 Å². The number of halogens is 2. The molecule has 1 amide bonds. The van der Waals surface area contributed by atoms with Crippen LogP contribution >= 0.6 is 0 Å². The number of carbonyl (C=O) groups is 1. The molecule has 0 radical (unpaired) electrons. The van der Waals surface area contributed by atoms with E-state index in [2.05, 4.69) is 53.1 Å². The van der Waals surface area contributed by atoms with Gasteiger partial charge in [-0.15, -0.1) is 0 Å². The van der Waals surface area contributed by atoms with E-state index in [9.17, 15) is 18.7 Å². The molecule has 6 heteroatoms. The fourth-order valence-electron chi connectivity index (χ4n) is 4.82. The molecular formula is C30H32F2N2O2. The topological polar surface area (TPSA) is 61.4 Å². The number of benzene rings is 3. The van der Waals surface area contributed by atoms with E-state index in [1.54, 1.807) is 0 Å². The zero-order chi connectivity index (χ0) is 25.5. The molecule has 0 aromatic heterocycles. The van der Waals surface area contributed by atoms with Crippen LogP contribution in [0.15, 0.2) is 66.7 Å². The summed E-state index contributed by atoms with van der Waals surface area (Å²) in [5.74, 6) is -1.68. The SMILES string of the molecule is CC(=O)N[C@@H](Cc1cc(F)cc(F)c1)[C@H](O)CNC1CCCc2ccc(/C=C/c3ccccc3)cc21. The van der Waals surface area contributed by atoms with Gasteiger partial charge in [-0.3, -0.25) is 4.79 Å². The molecule has 0 spiro atoms. The first-order valence-corrected chi connectivity index (χ1v) is 12.4. The summed E-state index contributed by atoms with van der Waals surface area (Å²) in [6.45, 7) is 1.60. The standard InChI is InChI=1S/C30H32F2N2O2/c1-20(35)34-29(17-23-14-25(31)18-26(32)15-23)30(36)19-33-28-9-5-8-24-13-12-22(16-27(24)28)11-10-21-6-3-2-4-7-21/h2-4,6-7,10-16,18,28-30,33,36H,5,8-9,17,19H2,1H3,(H,34,35)/b11-10+/t28?,29-,30+/m0/s1. The Bertz CT molecular complexity index is 1190. The zero-order valence-corrected chi connectivity index (χ0v) is 20.4. The van der Waals surface area contributed by atoms with Crippen LogP contribution in [0.1, 0.15) is 53.6 Å². The van der Waals surface area contributed by atoms with Crippen molar-refractivity contribution in [2.45, 2.75) is 50.8 Å². The maximum Gasteiger partial charge on any atom is 0.217 e. The maximum atomic E-state index is 13.7. The summed E-state index contributed by atoms with van der Waals surface area (Å²) >= 11 is 0. The number of fused-ring (bicyclic) bond motifs is 1. The van der Waals surface area contributed by atoms with Crippen molar-refractivity contribution >= 4 is 18.1 Å². The summed E-state index contributed by atoms with van der Waals surface area (Å²) in [6, 6.07) is 19.3. The van der Waals surface area contributed by atoms with Crippen molar-refractivity contribution in [3.8, 4) is 0 Å². The van der Waals surface area contributed by atoms with E-state index in [0.29, 0.717) is 5.56 Å². The van der Waals surface area contributed by atoms with Crippen LogP contribution in [0.5, 0.6) is 0 Å². The average Bonchev–Trinajstić information content (AvgIpc) is 2.85. The van der Waals surface area contributed by atoms with Crippen molar-refractivity contribution < 1.29 is 18.7 Å². The lowest BCUT2D eigenvalue weighted by molar-refractivity contribution is -0.120. The Hall–Kier alpha value is -3.35. The van der Waals surface area contributed by atoms with Crippen LogP contribution < -0.4 is 10.6 Å². The molecule has 0 heterocycles. The van der Waals surface area contributed by atoms with Crippen LogP contribution in [0.2, 0.25) is 0 Å². The van der Waals surface area contributed by atoms with Crippen LogP contribution in [0.25, 0.3) is 12.2 Å². The molecule has 1 aliphatic carbocycles. The van der Waals surface area contributed by atoms with Crippen molar-refractivity contribution in [3.63, 3.8) is 0 Å². The Balaban J connectivity index is 1.45. The molecule has 36 heavy (non-hydrogen) atoms. The molecule has 0 saturated carbocycles. The van der Waals surface area contributed by atoms with Crippen molar-refractivity contribution in [1.82, 2.24) is 10.6 Å². The van der Waals surface area contributed by atoms with Crippen LogP contribution in [0.4, 0.5) is 8.78 Å². The Kier molecular flexibility index (Phi) is 8.62. The van der Waals surface area contributed by atoms with Crippen molar-refractivity contribution in [3.05, 3.63) is 106 Å². The van der Waals surface area contributed by atoms with Gasteiger partial charge in [0, 0.05) is 25.6 Å². The summed E-state index contributed by atoms with van der Waals surface area (Å²) < 4.78 is 27.3. The predicted molar refractivity (Wildman–Crippen MR) is 139 cm³/mol. The van der Waals surface area contributed by atoms with E-state index in [1.165, 1.54) is 30.2 Å². The molecule has 3 atom stereocenters. The number of rotatable bonds is 9. The first-order valence-electron chi connectivity index (χ1n) is 12.4. The van der Waals surface area contributed by atoms with Crippen LogP contribution in [-0.4, -0.2) is 29.7 Å². The number of aryl methyl sites for hydroxylation is 1. The van der Waals surface area contributed by atoms with Gasteiger partial charge in [0.15, 0.2) is 0 Å². The Labute approximate surface area is 211 Å². The maximum absolute atomic E-state index is 13.7. The van der Waals surface area contributed by atoms with Crippen molar-refractivity contribution in [2.75, 3.05) is 6.54 Å². The highest BCUT2D eigenvalue weighted by atomic mass is 19.1. The molecule has 3 aromatic rings. The quantitative estimate of drug-likeness (QED) is 0.361. The summed E-state index contributed by atoms with van der Waals surface area (Å²) in [7, 11) is 0. The van der Waals surface area contributed by atoms with E-state index in [4.69, 9.17) is 0 Å². The Morgan fingerprint density at radius 1 is 1.03 bits per heavy atom. The van der Waals surface area contributed by atoms with Gasteiger partial charge in [-0.25, -0.2) is 8.78 Å². The van der Waals surface area contributed by atoms with Crippen molar-refractivity contribution in [1.29, 1.82) is 0 Å². The third kappa shape index (κ3) is 7.09. The van der Waals surface area contributed by atoms with Gasteiger partial charge in [-0.2, -0.15) is 0 Å². The number of aliphatic hydroxyl groups excluding tert-OH is 1. The molecule has 0 aliphatic heterocycles. The van der Waals surface area contributed by atoms with E-state index in [-0.39, 0.29) is 24.9 Å². The molecule has 0 saturated heterocycles. The van der Waals surface area contributed by atoms with E-state index >= 15 is 0 Å². The van der Waals surface area contributed by atoms with Gasteiger partial charge in [0.2, 0.25) is 5.91 Å². The van der Waals surface area contributed by atoms with Gasteiger partial charge in [-0.1, -0.05) is 54.6 Å². The molecule has 3 aromatic carbocycles. The normalized spacial score (nSPS) is 16.9. The van der Waals surface area contributed by atoms with E-state index in [1.807, 2.05) is 18.2 Å². The molecule has 1 unspecified atom stereocenters. The highest BCUT2D eigenvalue weighted by Crippen LogP contribution is 2.31. The number of hydrogen-bond donors (Lipinski definition) is 3. The first kappa shape index (κ1) is 25.7. The summed E-state index contributed by atoms with van der Waals surface area (Å²) in [6.07, 6.45) is 6.35. The average molecular weight is 491 g/mol. The lowest BCUT2D eigenvalue weighted by Crippen LogP contribution is -2.48. The van der Waals surface area contributed by atoms with Crippen LogP contribution in [0.3, 0.4) is 0 Å². The summed E-state index contributed by atoms with van der Waals surface area (Å²) in [4.78, 5) is 11.8. The molecule has 3 N–H and O–H groups in total. The number of amides is 1. The minimum Gasteiger partial charge on any atom is -0.390 e. The van der Waals surface area contributed by atoms with Gasteiger partial charge in [0.05, 0.1) is 12.1 Å². The van der Waals surface area contributed by atoms with Crippen molar-refractivity contribution in [2.24, 2.45) is 0 Å². The largest absolute Gasteiger partial charge is 0.390 e. The minimum absolute atomic E-state index is 0.0677. The Morgan fingerprint density at radius 2 is 1.75 bits per heavy atom. The third-order valence-corrected chi connectivity index (χ3v) is 6.56. The predicted octanol–water partition coefficient (Wildman–Crippen LogP) is 5.21. The smallest absolute Gasteiger partial charge is 0.217 e. The molecule has 4 rings (SSSR count). The summed E-state index contributed by atoms with van der Waals surface area (Å²) in [5.41, 5.74) is 5.13. The molecule has 0 bridgehead atoms. The van der Waals surface area contributed by atoms with Gasteiger partial charge in [0.25, 0.3) is 0 Å². The molecule has 188 valence electrons. The number of nitrogens with one attached hydrogen (secondary N) is 2. The monoisotopic (exact) mass is 490 g/mol. The minimum atomic E-state index is -0.938. The summed E-state index contributed by atoms with van der Waals surface area (Å²) in [5, 5.41) is 17.1. The fraction of sp³-hybridized carbons (Fsp3) is 0.300. The molecular weight excluding hydrogens is 458 g/mol. The van der Waals surface area contributed by atoms with E-state index in [0.717, 1.165) is 36.5 Å². The Morgan fingerprint density at radius 3 is 2.47 bits per heavy atom. The highest BCUT2D eigenvalue weighted by Gasteiger charge is 2.25. The second kappa shape index (κ2) is 12.1. The fourth-order valence-corrected chi connectivity index (χ4v) is 4.82. The second-order valence-corrected chi connectivity index (χ2v) is 9.41.